The standard InChI is InChI=1S/C16H14ClFN4O/c17-12-5-7-13(8-6-12)19-9-15-20-16(23)22(21-15)10-11-3-1-2-4-14(11)18/h1-8,19H,9-10H2,(H,20,21,23). The van der Waals surface area contributed by atoms with Crippen LogP contribution < -0.4 is 11.0 Å². The summed E-state index contributed by atoms with van der Waals surface area (Å²) in [6.07, 6.45) is 0. The first kappa shape index (κ1) is 15.3. The Morgan fingerprint density at radius 2 is 1.91 bits per heavy atom. The first-order valence-corrected chi connectivity index (χ1v) is 7.38. The minimum absolute atomic E-state index is 0.0863. The van der Waals surface area contributed by atoms with E-state index in [1.807, 2.05) is 12.1 Å². The number of benzene rings is 2. The zero-order valence-electron chi connectivity index (χ0n) is 12.1. The predicted octanol–water partition coefficient (Wildman–Crippen LogP) is 3.02. The average Bonchev–Trinajstić information content (AvgIpc) is 2.89. The number of H-pyrrole nitrogens is 1. The van der Waals surface area contributed by atoms with Crippen molar-refractivity contribution < 1.29 is 4.39 Å². The number of rotatable bonds is 5. The minimum Gasteiger partial charge on any atom is -0.378 e. The Kier molecular flexibility index (Phi) is 4.43. The maximum Gasteiger partial charge on any atom is 0.343 e. The molecule has 0 fully saturated rings. The lowest BCUT2D eigenvalue weighted by atomic mass is 10.2. The molecule has 1 heterocycles. The lowest BCUT2D eigenvalue weighted by molar-refractivity contribution is 0.576. The van der Waals surface area contributed by atoms with Gasteiger partial charge in [0.15, 0.2) is 0 Å². The first-order valence-electron chi connectivity index (χ1n) is 7.00. The Balaban J connectivity index is 1.70. The molecule has 0 atom stereocenters. The summed E-state index contributed by atoms with van der Waals surface area (Å²) in [7, 11) is 0. The molecule has 7 heteroatoms. The molecule has 118 valence electrons. The quantitative estimate of drug-likeness (QED) is 0.755. The van der Waals surface area contributed by atoms with E-state index in [9.17, 15) is 9.18 Å². The van der Waals surface area contributed by atoms with Gasteiger partial charge in [-0.2, -0.15) is 5.10 Å². The van der Waals surface area contributed by atoms with Gasteiger partial charge in [-0.15, -0.1) is 0 Å². The summed E-state index contributed by atoms with van der Waals surface area (Å²) >= 11 is 5.82. The SMILES string of the molecule is O=c1[nH]c(CNc2ccc(Cl)cc2)nn1Cc1ccccc1F. The number of halogens is 2. The number of nitrogens with one attached hydrogen (secondary N) is 2. The van der Waals surface area contributed by atoms with E-state index in [2.05, 4.69) is 15.4 Å². The van der Waals surface area contributed by atoms with Crippen molar-refractivity contribution in [1.82, 2.24) is 14.8 Å². The van der Waals surface area contributed by atoms with Crippen LogP contribution >= 0.6 is 11.6 Å². The Morgan fingerprint density at radius 3 is 2.65 bits per heavy atom. The molecule has 1 aromatic heterocycles. The van der Waals surface area contributed by atoms with Crippen molar-refractivity contribution in [2.24, 2.45) is 0 Å². The molecule has 23 heavy (non-hydrogen) atoms. The largest absolute Gasteiger partial charge is 0.378 e. The van der Waals surface area contributed by atoms with Gasteiger partial charge in [0.25, 0.3) is 0 Å². The third kappa shape index (κ3) is 3.78. The van der Waals surface area contributed by atoms with Crippen LogP contribution in [0.3, 0.4) is 0 Å². The van der Waals surface area contributed by atoms with Gasteiger partial charge in [0.1, 0.15) is 11.6 Å². The van der Waals surface area contributed by atoms with Gasteiger partial charge in [-0.25, -0.2) is 13.9 Å². The molecule has 0 bridgehead atoms. The molecule has 0 aliphatic heterocycles. The highest BCUT2D eigenvalue weighted by atomic mass is 35.5. The second-order valence-electron chi connectivity index (χ2n) is 4.99. The highest BCUT2D eigenvalue weighted by Crippen LogP contribution is 2.13. The Hall–Kier alpha value is -2.60. The van der Waals surface area contributed by atoms with Crippen LogP contribution in [0.15, 0.2) is 53.3 Å². The molecule has 0 radical (unpaired) electrons. The molecule has 2 aromatic carbocycles. The number of nitrogens with zero attached hydrogens (tertiary/aromatic N) is 2. The number of hydrogen-bond donors (Lipinski definition) is 2. The summed E-state index contributed by atoms with van der Waals surface area (Å²) in [5.74, 6) is 0.115. The van der Waals surface area contributed by atoms with Crippen LogP contribution in [-0.4, -0.2) is 14.8 Å². The minimum atomic E-state index is -0.374. The molecule has 0 spiro atoms. The van der Waals surface area contributed by atoms with Crippen LogP contribution in [0.5, 0.6) is 0 Å². The van der Waals surface area contributed by atoms with E-state index in [1.165, 1.54) is 10.7 Å². The molecule has 5 nitrogen and oxygen atoms in total. The molecule has 3 aromatic rings. The van der Waals surface area contributed by atoms with E-state index in [0.29, 0.717) is 23.0 Å². The van der Waals surface area contributed by atoms with Gasteiger partial charge < -0.3 is 5.32 Å². The number of anilines is 1. The van der Waals surface area contributed by atoms with E-state index in [1.54, 1.807) is 30.3 Å². The molecule has 0 saturated heterocycles. The molecule has 3 rings (SSSR count). The second-order valence-corrected chi connectivity index (χ2v) is 5.42. The molecule has 0 unspecified atom stereocenters. The van der Waals surface area contributed by atoms with Crippen LogP contribution in [0.2, 0.25) is 5.02 Å². The summed E-state index contributed by atoms with van der Waals surface area (Å²) in [6, 6.07) is 13.5. The van der Waals surface area contributed by atoms with Crippen LogP contribution in [0.1, 0.15) is 11.4 Å². The molecule has 0 saturated carbocycles. The number of aromatic nitrogens is 3. The van der Waals surface area contributed by atoms with Crippen LogP contribution in [-0.2, 0) is 13.1 Å². The fraction of sp³-hybridized carbons (Fsp3) is 0.125. The van der Waals surface area contributed by atoms with E-state index in [4.69, 9.17) is 11.6 Å². The summed E-state index contributed by atoms with van der Waals surface area (Å²) in [4.78, 5) is 14.5. The first-order chi connectivity index (χ1) is 11.1. The fourth-order valence-electron chi connectivity index (χ4n) is 2.13. The van der Waals surface area contributed by atoms with Crippen molar-refractivity contribution >= 4 is 17.3 Å². The monoisotopic (exact) mass is 332 g/mol. The van der Waals surface area contributed by atoms with Crippen molar-refractivity contribution in [1.29, 1.82) is 0 Å². The van der Waals surface area contributed by atoms with Crippen LogP contribution in [0, 0.1) is 5.82 Å². The maximum atomic E-state index is 13.6. The van der Waals surface area contributed by atoms with Crippen molar-refractivity contribution in [2.75, 3.05) is 5.32 Å². The average molecular weight is 333 g/mol. The van der Waals surface area contributed by atoms with Crippen molar-refractivity contribution in [2.45, 2.75) is 13.1 Å². The Labute approximate surface area is 136 Å². The van der Waals surface area contributed by atoms with Gasteiger partial charge in [0, 0.05) is 16.3 Å². The smallest absolute Gasteiger partial charge is 0.343 e. The molecule has 0 amide bonds. The summed E-state index contributed by atoms with van der Waals surface area (Å²) in [6.45, 7) is 0.435. The van der Waals surface area contributed by atoms with Crippen LogP contribution in [0.4, 0.5) is 10.1 Å². The van der Waals surface area contributed by atoms with Crippen molar-refractivity contribution in [3.8, 4) is 0 Å². The third-order valence-corrected chi connectivity index (χ3v) is 3.56. The summed E-state index contributed by atoms with van der Waals surface area (Å²) in [5.41, 5.74) is 0.901. The number of hydrogen-bond acceptors (Lipinski definition) is 3. The van der Waals surface area contributed by atoms with Gasteiger partial charge in [-0.3, -0.25) is 4.98 Å². The van der Waals surface area contributed by atoms with Gasteiger partial charge in [-0.1, -0.05) is 29.8 Å². The highest BCUT2D eigenvalue weighted by molar-refractivity contribution is 6.30. The highest BCUT2D eigenvalue weighted by Gasteiger charge is 2.08. The van der Waals surface area contributed by atoms with E-state index in [-0.39, 0.29) is 18.1 Å². The van der Waals surface area contributed by atoms with Crippen molar-refractivity contribution in [3.63, 3.8) is 0 Å². The van der Waals surface area contributed by atoms with Gasteiger partial charge in [-0.05, 0) is 30.3 Å². The van der Waals surface area contributed by atoms with Gasteiger partial charge in [0.2, 0.25) is 0 Å². The van der Waals surface area contributed by atoms with E-state index >= 15 is 0 Å². The Bertz CT molecular complexity index is 857. The predicted molar refractivity (Wildman–Crippen MR) is 87.1 cm³/mol. The zero-order valence-corrected chi connectivity index (χ0v) is 12.8. The van der Waals surface area contributed by atoms with Crippen LogP contribution in [0.25, 0.3) is 0 Å². The molecular formula is C16H14ClFN4O. The molecule has 2 N–H and O–H groups in total. The topological polar surface area (TPSA) is 62.7 Å². The lowest BCUT2D eigenvalue weighted by Crippen LogP contribution is -2.19. The third-order valence-electron chi connectivity index (χ3n) is 3.31. The van der Waals surface area contributed by atoms with Gasteiger partial charge >= 0.3 is 5.69 Å². The fourth-order valence-corrected chi connectivity index (χ4v) is 2.26. The molecule has 0 aliphatic rings. The maximum absolute atomic E-state index is 13.6. The summed E-state index contributed by atoms with van der Waals surface area (Å²) < 4.78 is 14.8. The molecular weight excluding hydrogens is 319 g/mol. The normalized spacial score (nSPS) is 10.7. The lowest BCUT2D eigenvalue weighted by Gasteiger charge is -2.04. The second kappa shape index (κ2) is 6.66. The van der Waals surface area contributed by atoms with E-state index < -0.39 is 0 Å². The van der Waals surface area contributed by atoms with E-state index in [0.717, 1.165) is 5.69 Å². The number of aromatic amines is 1. The Morgan fingerprint density at radius 1 is 1.17 bits per heavy atom. The zero-order chi connectivity index (χ0) is 16.2. The van der Waals surface area contributed by atoms with Crippen molar-refractivity contribution in [3.05, 3.63) is 81.2 Å². The summed E-state index contributed by atoms with van der Waals surface area (Å²) in [5, 5.41) is 7.95. The molecule has 0 aliphatic carbocycles. The van der Waals surface area contributed by atoms with Gasteiger partial charge in [0.05, 0.1) is 13.1 Å².